The number of nitrogens with two attached hydrogens (primary N) is 1. The molecular formula is C18H18FN3O4S2. The van der Waals surface area contributed by atoms with E-state index in [4.69, 9.17) is 5.14 Å². The number of benzene rings is 2. The van der Waals surface area contributed by atoms with Crippen LogP contribution in [-0.4, -0.2) is 26.4 Å². The molecule has 7 nitrogen and oxygen atoms in total. The van der Waals surface area contributed by atoms with Crippen molar-refractivity contribution in [2.75, 3.05) is 0 Å². The Labute approximate surface area is 162 Å². The van der Waals surface area contributed by atoms with Gasteiger partial charge in [-0.3, -0.25) is 0 Å². The number of imidazole rings is 1. The lowest BCUT2D eigenvalue weighted by atomic mass is 10.1. The minimum atomic E-state index is -3.95. The number of aromatic nitrogens is 2. The van der Waals surface area contributed by atoms with Crippen molar-refractivity contribution in [3.63, 3.8) is 0 Å². The fourth-order valence-corrected chi connectivity index (χ4v) is 5.40. The first-order chi connectivity index (χ1) is 13.1. The second-order valence-electron chi connectivity index (χ2n) is 6.31. The van der Waals surface area contributed by atoms with Crippen molar-refractivity contribution < 1.29 is 21.2 Å². The Bertz CT molecular complexity index is 1190. The maximum Gasteiger partial charge on any atom is 0.238 e. The highest BCUT2D eigenvalue weighted by Gasteiger charge is 2.29. The van der Waals surface area contributed by atoms with Gasteiger partial charge in [-0.2, -0.15) is 0 Å². The third kappa shape index (κ3) is 4.13. The highest BCUT2D eigenvalue weighted by molar-refractivity contribution is 7.91. The van der Waals surface area contributed by atoms with Crippen molar-refractivity contribution in [2.45, 2.75) is 28.5 Å². The molecule has 1 aromatic heterocycles. The smallest absolute Gasteiger partial charge is 0.238 e. The van der Waals surface area contributed by atoms with Gasteiger partial charge in [-0.1, -0.05) is 12.1 Å². The van der Waals surface area contributed by atoms with Gasteiger partial charge in [0.1, 0.15) is 11.2 Å². The lowest BCUT2D eigenvalue weighted by Crippen LogP contribution is -2.22. The van der Waals surface area contributed by atoms with Gasteiger partial charge in [0.05, 0.1) is 16.1 Å². The molecular weight excluding hydrogens is 405 g/mol. The number of primary sulfonamides is 1. The summed E-state index contributed by atoms with van der Waals surface area (Å²) in [7, 11) is -7.87. The molecule has 0 saturated heterocycles. The summed E-state index contributed by atoms with van der Waals surface area (Å²) in [5.74, 6) is -0.547. The van der Waals surface area contributed by atoms with Crippen molar-refractivity contribution >= 4 is 19.9 Å². The molecule has 0 spiro atoms. The fourth-order valence-electron chi connectivity index (χ4n) is 2.88. The van der Waals surface area contributed by atoms with Crippen LogP contribution >= 0.6 is 0 Å². The first-order valence-corrected chi connectivity index (χ1v) is 11.3. The van der Waals surface area contributed by atoms with Gasteiger partial charge < -0.3 is 4.57 Å². The van der Waals surface area contributed by atoms with E-state index >= 15 is 0 Å². The van der Waals surface area contributed by atoms with Gasteiger partial charge in [-0.15, -0.1) is 0 Å². The summed E-state index contributed by atoms with van der Waals surface area (Å²) in [6.07, 6.45) is 4.28. The Balaban J connectivity index is 2.07. The van der Waals surface area contributed by atoms with Crippen LogP contribution in [0.4, 0.5) is 4.39 Å². The van der Waals surface area contributed by atoms with E-state index in [-0.39, 0.29) is 16.2 Å². The van der Waals surface area contributed by atoms with Crippen LogP contribution in [0.1, 0.15) is 16.5 Å². The minimum absolute atomic E-state index is 0.0289. The number of aryl methyl sites for hydroxylation is 1. The zero-order valence-electron chi connectivity index (χ0n) is 14.9. The largest absolute Gasteiger partial charge is 0.319 e. The van der Waals surface area contributed by atoms with E-state index in [0.29, 0.717) is 11.1 Å². The predicted molar refractivity (Wildman–Crippen MR) is 101 cm³/mol. The molecule has 0 radical (unpaired) electrons. The Morgan fingerprint density at radius 3 is 2.36 bits per heavy atom. The summed E-state index contributed by atoms with van der Waals surface area (Å²) in [5.41, 5.74) is 0.936. The molecule has 2 aromatic carbocycles. The lowest BCUT2D eigenvalue weighted by Gasteiger charge is -2.20. The predicted octanol–water partition coefficient (Wildman–Crippen LogP) is 2.19. The normalized spacial score (nSPS) is 13.4. The van der Waals surface area contributed by atoms with E-state index in [0.717, 1.165) is 12.1 Å². The highest BCUT2D eigenvalue weighted by Crippen LogP contribution is 2.29. The number of hydrogen-bond donors (Lipinski definition) is 1. The number of sulfone groups is 1. The third-order valence-electron chi connectivity index (χ3n) is 4.33. The summed E-state index contributed by atoms with van der Waals surface area (Å²) < 4.78 is 64.5. The Hall–Kier alpha value is -2.56. The molecule has 28 heavy (non-hydrogen) atoms. The zero-order valence-corrected chi connectivity index (χ0v) is 16.5. The molecule has 0 saturated carbocycles. The fraction of sp³-hybridized carbons (Fsp3) is 0.167. The molecule has 0 bridgehead atoms. The zero-order chi connectivity index (χ0) is 20.5. The number of hydrogen-bond acceptors (Lipinski definition) is 5. The average Bonchev–Trinajstić information content (AvgIpc) is 3.14. The molecule has 1 unspecified atom stereocenters. The van der Waals surface area contributed by atoms with Gasteiger partial charge in [-0.05, 0) is 48.4 Å². The standard InChI is InChI=1S/C18H18FN3O4S2/c1-13-2-3-14(10-17(13)28(20,25)26)11-18(22-9-8-21-12-22)27(23,24)16-6-4-15(19)5-7-16/h2-10,12,18H,11H2,1H3,(H2,20,25,26). The third-order valence-corrected chi connectivity index (χ3v) is 7.44. The first-order valence-electron chi connectivity index (χ1n) is 8.18. The topological polar surface area (TPSA) is 112 Å². The first kappa shape index (κ1) is 20.2. The van der Waals surface area contributed by atoms with Gasteiger partial charge in [0.25, 0.3) is 0 Å². The van der Waals surface area contributed by atoms with Gasteiger partial charge in [0.15, 0.2) is 9.84 Å². The number of nitrogens with zero attached hydrogens (tertiary/aromatic N) is 2. The Morgan fingerprint density at radius 2 is 1.79 bits per heavy atom. The van der Waals surface area contributed by atoms with E-state index in [1.165, 1.54) is 41.5 Å². The van der Waals surface area contributed by atoms with Crippen LogP contribution in [0.2, 0.25) is 0 Å². The summed E-state index contributed by atoms with van der Waals surface area (Å²) in [5, 5.41) is 4.15. The SMILES string of the molecule is Cc1ccc(CC(n2ccnc2)S(=O)(=O)c2ccc(F)cc2)cc1S(N)(=O)=O. The highest BCUT2D eigenvalue weighted by atomic mass is 32.2. The van der Waals surface area contributed by atoms with Crippen LogP contribution < -0.4 is 5.14 Å². The van der Waals surface area contributed by atoms with Gasteiger partial charge in [-0.25, -0.2) is 31.3 Å². The van der Waals surface area contributed by atoms with Crippen LogP contribution in [0, 0.1) is 12.7 Å². The van der Waals surface area contributed by atoms with Crippen LogP contribution in [0.3, 0.4) is 0 Å². The molecule has 1 heterocycles. The number of rotatable bonds is 6. The van der Waals surface area contributed by atoms with Crippen molar-refractivity contribution in [1.82, 2.24) is 9.55 Å². The van der Waals surface area contributed by atoms with Gasteiger partial charge in [0, 0.05) is 18.8 Å². The molecule has 0 fully saturated rings. The molecule has 0 aliphatic heterocycles. The maximum absolute atomic E-state index is 13.2. The van der Waals surface area contributed by atoms with Crippen molar-refractivity contribution in [1.29, 1.82) is 0 Å². The van der Waals surface area contributed by atoms with Crippen molar-refractivity contribution in [3.05, 3.63) is 78.1 Å². The Kier molecular flexibility index (Phi) is 5.37. The monoisotopic (exact) mass is 423 g/mol. The van der Waals surface area contributed by atoms with Gasteiger partial charge in [0.2, 0.25) is 10.0 Å². The van der Waals surface area contributed by atoms with Crippen LogP contribution in [0.15, 0.2) is 71.0 Å². The second kappa shape index (κ2) is 7.46. The Morgan fingerprint density at radius 1 is 1.11 bits per heavy atom. The van der Waals surface area contributed by atoms with E-state index < -0.39 is 31.1 Å². The molecule has 0 amide bonds. The van der Waals surface area contributed by atoms with Crippen LogP contribution in [-0.2, 0) is 26.3 Å². The summed E-state index contributed by atoms with van der Waals surface area (Å²) in [6, 6.07) is 9.12. The van der Waals surface area contributed by atoms with E-state index in [1.54, 1.807) is 19.1 Å². The number of halogens is 1. The molecule has 3 aromatic rings. The maximum atomic E-state index is 13.2. The molecule has 0 aliphatic rings. The summed E-state index contributed by atoms with van der Waals surface area (Å²) in [4.78, 5) is 3.79. The molecule has 1 atom stereocenters. The number of sulfonamides is 1. The quantitative estimate of drug-likeness (QED) is 0.611. The van der Waals surface area contributed by atoms with E-state index in [1.807, 2.05) is 0 Å². The van der Waals surface area contributed by atoms with Crippen LogP contribution in [0.5, 0.6) is 0 Å². The van der Waals surface area contributed by atoms with Crippen molar-refractivity contribution in [2.24, 2.45) is 5.14 Å². The molecule has 0 aliphatic carbocycles. The summed E-state index contributed by atoms with van der Waals surface area (Å²) >= 11 is 0. The second-order valence-corrected chi connectivity index (χ2v) is 9.95. The lowest BCUT2D eigenvalue weighted by molar-refractivity contribution is 0.542. The molecule has 148 valence electrons. The van der Waals surface area contributed by atoms with Crippen molar-refractivity contribution in [3.8, 4) is 0 Å². The summed E-state index contributed by atoms with van der Waals surface area (Å²) in [6.45, 7) is 1.60. The van der Waals surface area contributed by atoms with Gasteiger partial charge >= 0.3 is 0 Å². The molecule has 2 N–H and O–H groups in total. The minimum Gasteiger partial charge on any atom is -0.319 e. The van der Waals surface area contributed by atoms with E-state index in [2.05, 4.69) is 4.98 Å². The average molecular weight is 423 g/mol. The molecule has 10 heteroatoms. The molecule has 3 rings (SSSR count). The van der Waals surface area contributed by atoms with Crippen LogP contribution in [0.25, 0.3) is 0 Å². The van der Waals surface area contributed by atoms with E-state index in [9.17, 15) is 21.2 Å².